The monoisotopic (exact) mass is 466 g/mol. The van der Waals surface area contributed by atoms with E-state index < -0.39 is 4.92 Å². The van der Waals surface area contributed by atoms with Crippen molar-refractivity contribution in [1.82, 2.24) is 19.7 Å². The molecule has 0 aliphatic heterocycles. The highest BCUT2D eigenvalue weighted by Crippen LogP contribution is 2.30. The van der Waals surface area contributed by atoms with Gasteiger partial charge in [0.1, 0.15) is 0 Å². The van der Waals surface area contributed by atoms with E-state index in [9.17, 15) is 14.9 Å². The van der Waals surface area contributed by atoms with Crippen LogP contribution in [0.2, 0.25) is 0 Å². The number of aromatic nitrogens is 4. The largest absolute Gasteiger partial charge is 0.305 e. The van der Waals surface area contributed by atoms with Crippen molar-refractivity contribution in [1.29, 1.82) is 0 Å². The first-order chi connectivity index (χ1) is 15.4. The smallest absolute Gasteiger partial charge is 0.270 e. The van der Waals surface area contributed by atoms with Crippen molar-refractivity contribution in [2.24, 2.45) is 7.05 Å². The maximum absolute atomic E-state index is 12.5. The van der Waals surface area contributed by atoms with Gasteiger partial charge in [0.2, 0.25) is 5.91 Å². The van der Waals surface area contributed by atoms with Crippen LogP contribution in [0.15, 0.2) is 59.8 Å². The van der Waals surface area contributed by atoms with E-state index in [0.717, 1.165) is 16.1 Å². The van der Waals surface area contributed by atoms with Gasteiger partial charge in [0.25, 0.3) is 5.69 Å². The van der Waals surface area contributed by atoms with Gasteiger partial charge >= 0.3 is 0 Å². The highest BCUT2D eigenvalue weighted by atomic mass is 32.2. The van der Waals surface area contributed by atoms with E-state index in [1.54, 1.807) is 23.7 Å². The summed E-state index contributed by atoms with van der Waals surface area (Å²) in [4.78, 5) is 28.6. The SMILES string of the molecule is Cc1sc(NC(=O)CSc2nnc(-c3cccc([N+](=O)[O-])c3)n2C)nc1-c1ccccc1. The Morgan fingerprint density at radius 3 is 2.66 bits per heavy atom. The van der Waals surface area contributed by atoms with Gasteiger partial charge in [-0.2, -0.15) is 0 Å². The second-order valence-electron chi connectivity index (χ2n) is 6.80. The predicted octanol–water partition coefficient (Wildman–Crippen LogP) is 4.55. The van der Waals surface area contributed by atoms with Gasteiger partial charge in [-0.1, -0.05) is 54.2 Å². The summed E-state index contributed by atoms with van der Waals surface area (Å²) in [6.45, 7) is 1.97. The zero-order valence-corrected chi connectivity index (χ0v) is 18.8. The number of rotatable bonds is 7. The molecule has 0 bridgehead atoms. The van der Waals surface area contributed by atoms with Crippen LogP contribution in [0.4, 0.5) is 10.8 Å². The molecule has 0 aliphatic rings. The van der Waals surface area contributed by atoms with Crippen molar-refractivity contribution in [2.45, 2.75) is 12.1 Å². The van der Waals surface area contributed by atoms with Crippen LogP contribution in [-0.2, 0) is 11.8 Å². The van der Waals surface area contributed by atoms with Crippen molar-refractivity contribution in [2.75, 3.05) is 11.1 Å². The summed E-state index contributed by atoms with van der Waals surface area (Å²) in [7, 11) is 1.75. The number of carbonyl (C=O) groups excluding carboxylic acids is 1. The fourth-order valence-corrected chi connectivity index (χ4v) is 4.61. The van der Waals surface area contributed by atoms with Gasteiger partial charge in [-0.15, -0.1) is 21.5 Å². The van der Waals surface area contributed by atoms with Gasteiger partial charge in [-0.25, -0.2) is 4.98 Å². The molecule has 1 amide bonds. The Kier molecular flexibility index (Phi) is 6.28. The Balaban J connectivity index is 1.41. The van der Waals surface area contributed by atoms with Crippen molar-refractivity contribution in [3.8, 4) is 22.6 Å². The standard InChI is InChI=1S/C21H18N6O3S2/c1-13-18(14-7-4-3-5-8-14)23-20(32-13)22-17(28)12-31-21-25-24-19(26(21)2)15-9-6-10-16(11-15)27(29)30/h3-11H,12H2,1-2H3,(H,22,23,28). The molecule has 0 spiro atoms. The molecule has 32 heavy (non-hydrogen) atoms. The highest BCUT2D eigenvalue weighted by molar-refractivity contribution is 7.99. The fraction of sp³-hybridized carbons (Fsp3) is 0.143. The highest BCUT2D eigenvalue weighted by Gasteiger charge is 2.16. The van der Waals surface area contributed by atoms with Gasteiger partial charge in [0.05, 0.1) is 16.4 Å². The molecule has 0 unspecified atom stereocenters. The second-order valence-corrected chi connectivity index (χ2v) is 8.95. The summed E-state index contributed by atoms with van der Waals surface area (Å²) < 4.78 is 1.71. The van der Waals surface area contributed by atoms with E-state index in [-0.39, 0.29) is 17.3 Å². The zero-order chi connectivity index (χ0) is 22.7. The average Bonchev–Trinajstić information content (AvgIpc) is 3.34. The third kappa shape index (κ3) is 4.68. The number of nitrogens with one attached hydrogen (secondary N) is 1. The maximum atomic E-state index is 12.5. The molecule has 0 radical (unpaired) electrons. The van der Waals surface area contributed by atoms with E-state index in [0.29, 0.717) is 21.7 Å². The minimum absolute atomic E-state index is 0.0207. The molecule has 0 saturated heterocycles. The van der Waals surface area contributed by atoms with Gasteiger partial charge in [-0.05, 0) is 6.92 Å². The molecular formula is C21H18N6O3S2. The molecular weight excluding hydrogens is 448 g/mol. The summed E-state index contributed by atoms with van der Waals surface area (Å²) in [5.74, 6) is 0.406. The molecule has 2 aromatic heterocycles. The first kappa shape index (κ1) is 21.7. The van der Waals surface area contributed by atoms with Crippen molar-refractivity contribution < 1.29 is 9.72 Å². The van der Waals surface area contributed by atoms with Crippen LogP contribution in [0.25, 0.3) is 22.6 Å². The minimum atomic E-state index is -0.455. The third-order valence-corrected chi connectivity index (χ3v) is 6.48. The van der Waals surface area contributed by atoms with Crippen molar-refractivity contribution in [3.63, 3.8) is 0 Å². The predicted molar refractivity (Wildman–Crippen MR) is 125 cm³/mol. The Labute approximate surface area is 191 Å². The lowest BCUT2D eigenvalue weighted by molar-refractivity contribution is -0.384. The van der Waals surface area contributed by atoms with Crippen LogP contribution in [0, 0.1) is 17.0 Å². The van der Waals surface area contributed by atoms with Gasteiger partial charge in [0.15, 0.2) is 16.1 Å². The number of anilines is 1. The molecule has 4 aromatic rings. The van der Waals surface area contributed by atoms with Crippen LogP contribution in [0.1, 0.15) is 4.88 Å². The average molecular weight is 467 g/mol. The van der Waals surface area contributed by atoms with Crippen LogP contribution in [0.3, 0.4) is 0 Å². The molecule has 0 atom stereocenters. The molecule has 0 aliphatic carbocycles. The Morgan fingerprint density at radius 2 is 1.91 bits per heavy atom. The molecule has 1 N–H and O–H groups in total. The second kappa shape index (κ2) is 9.28. The molecule has 11 heteroatoms. The van der Waals surface area contributed by atoms with Crippen LogP contribution in [-0.4, -0.2) is 36.3 Å². The molecule has 0 saturated carbocycles. The number of nitrogens with zero attached hydrogens (tertiary/aromatic N) is 5. The lowest BCUT2D eigenvalue weighted by atomic mass is 10.1. The Hall–Kier alpha value is -3.57. The van der Waals surface area contributed by atoms with E-state index in [1.165, 1.54) is 35.2 Å². The number of carbonyl (C=O) groups is 1. The number of nitro benzene ring substituents is 1. The van der Waals surface area contributed by atoms with Gasteiger partial charge < -0.3 is 9.88 Å². The number of thiazole rings is 1. The lowest BCUT2D eigenvalue weighted by Crippen LogP contribution is -2.14. The summed E-state index contributed by atoms with van der Waals surface area (Å²) in [6, 6.07) is 16.0. The van der Waals surface area contributed by atoms with E-state index in [2.05, 4.69) is 20.5 Å². The van der Waals surface area contributed by atoms with E-state index in [4.69, 9.17) is 0 Å². The molecule has 162 valence electrons. The normalized spacial score (nSPS) is 10.8. The lowest BCUT2D eigenvalue weighted by Gasteiger charge is -2.04. The fourth-order valence-electron chi connectivity index (χ4n) is 3.05. The summed E-state index contributed by atoms with van der Waals surface area (Å²) in [5.41, 5.74) is 2.42. The first-order valence-electron chi connectivity index (χ1n) is 9.52. The zero-order valence-electron chi connectivity index (χ0n) is 17.2. The number of amides is 1. The van der Waals surface area contributed by atoms with Crippen molar-refractivity contribution >= 4 is 39.8 Å². The quantitative estimate of drug-likeness (QED) is 0.241. The topological polar surface area (TPSA) is 116 Å². The molecule has 2 heterocycles. The molecule has 9 nitrogen and oxygen atoms in total. The summed E-state index contributed by atoms with van der Waals surface area (Å²) in [5, 5.41) is 23.2. The number of aryl methyl sites for hydroxylation is 1. The Bertz CT molecular complexity index is 1290. The van der Waals surface area contributed by atoms with Crippen LogP contribution in [0.5, 0.6) is 0 Å². The Morgan fingerprint density at radius 1 is 1.16 bits per heavy atom. The molecule has 4 rings (SSSR count). The van der Waals surface area contributed by atoms with E-state index >= 15 is 0 Å². The van der Waals surface area contributed by atoms with Crippen molar-refractivity contribution in [3.05, 3.63) is 69.6 Å². The number of hydrogen-bond acceptors (Lipinski definition) is 8. The number of benzene rings is 2. The number of hydrogen-bond donors (Lipinski definition) is 1. The maximum Gasteiger partial charge on any atom is 0.270 e. The first-order valence-corrected chi connectivity index (χ1v) is 11.3. The number of nitro groups is 1. The van der Waals surface area contributed by atoms with Gasteiger partial charge in [-0.3, -0.25) is 14.9 Å². The van der Waals surface area contributed by atoms with Gasteiger partial charge in [0, 0.05) is 35.2 Å². The molecule has 0 fully saturated rings. The van der Waals surface area contributed by atoms with Crippen LogP contribution < -0.4 is 5.32 Å². The minimum Gasteiger partial charge on any atom is -0.305 e. The summed E-state index contributed by atoms with van der Waals surface area (Å²) in [6.07, 6.45) is 0. The third-order valence-electron chi connectivity index (χ3n) is 4.57. The number of thioether (sulfide) groups is 1. The van der Waals surface area contributed by atoms with E-state index in [1.807, 2.05) is 37.3 Å². The molecule has 2 aromatic carbocycles. The summed E-state index contributed by atoms with van der Waals surface area (Å²) >= 11 is 2.65. The van der Waals surface area contributed by atoms with Crippen LogP contribution >= 0.6 is 23.1 Å². The number of non-ortho nitro benzene ring substituents is 1.